The van der Waals surface area contributed by atoms with Crippen LogP contribution in [0, 0.1) is 0 Å². The third-order valence-corrected chi connectivity index (χ3v) is 5.96. The number of piperazine rings is 1. The number of nitrogens with zero attached hydrogens (tertiary/aromatic N) is 2. The van der Waals surface area contributed by atoms with Gasteiger partial charge in [0.1, 0.15) is 5.56 Å². The number of nitrogens with one attached hydrogen (secondary N) is 1. The Morgan fingerprint density at radius 2 is 1.75 bits per heavy atom. The maximum atomic E-state index is 12.9. The smallest absolute Gasteiger partial charge is 0.259 e. The van der Waals surface area contributed by atoms with Crippen LogP contribution in [0.1, 0.15) is 15.9 Å². The number of rotatable bonds is 3. The summed E-state index contributed by atoms with van der Waals surface area (Å²) >= 11 is 12.4. The molecule has 3 aromatic rings. The Labute approximate surface area is 172 Å². The molecule has 0 atom stereocenters. The van der Waals surface area contributed by atoms with Crippen molar-refractivity contribution in [3.63, 3.8) is 0 Å². The monoisotopic (exact) mass is 415 g/mol. The first-order valence-corrected chi connectivity index (χ1v) is 9.85. The molecule has 1 aromatic heterocycles. The van der Waals surface area contributed by atoms with Gasteiger partial charge in [-0.05, 0) is 23.8 Å². The van der Waals surface area contributed by atoms with Gasteiger partial charge in [-0.2, -0.15) is 0 Å². The second-order valence-electron chi connectivity index (χ2n) is 6.86. The molecule has 1 aliphatic heterocycles. The van der Waals surface area contributed by atoms with E-state index in [0.29, 0.717) is 48.2 Å². The Balaban J connectivity index is 1.45. The fraction of sp³-hybridized carbons (Fsp3) is 0.238. The van der Waals surface area contributed by atoms with Crippen LogP contribution in [0.3, 0.4) is 0 Å². The van der Waals surface area contributed by atoms with Crippen molar-refractivity contribution in [1.82, 2.24) is 14.8 Å². The molecule has 0 saturated carbocycles. The Morgan fingerprint density at radius 1 is 1.00 bits per heavy atom. The normalized spacial score (nSPS) is 15.1. The van der Waals surface area contributed by atoms with E-state index in [0.717, 1.165) is 11.1 Å². The first kappa shape index (κ1) is 19.0. The van der Waals surface area contributed by atoms with Crippen LogP contribution >= 0.6 is 23.2 Å². The number of aromatic amines is 1. The fourth-order valence-electron chi connectivity index (χ4n) is 3.52. The topological polar surface area (TPSA) is 56.4 Å². The highest BCUT2D eigenvalue weighted by atomic mass is 35.5. The summed E-state index contributed by atoms with van der Waals surface area (Å²) in [6.07, 6.45) is 1.52. The van der Waals surface area contributed by atoms with Crippen LogP contribution in [0.15, 0.2) is 53.5 Å². The van der Waals surface area contributed by atoms with Crippen molar-refractivity contribution in [2.45, 2.75) is 6.54 Å². The number of H-pyrrole nitrogens is 1. The maximum Gasteiger partial charge on any atom is 0.259 e. The van der Waals surface area contributed by atoms with Gasteiger partial charge in [0, 0.05) is 49.8 Å². The number of aromatic nitrogens is 1. The number of para-hydroxylation sites is 1. The van der Waals surface area contributed by atoms with Gasteiger partial charge in [0.25, 0.3) is 5.91 Å². The van der Waals surface area contributed by atoms with Crippen molar-refractivity contribution >= 4 is 40.0 Å². The number of fused-ring (bicyclic) bond motifs is 1. The van der Waals surface area contributed by atoms with E-state index in [1.54, 1.807) is 23.1 Å². The quantitative estimate of drug-likeness (QED) is 0.707. The lowest BCUT2D eigenvalue weighted by atomic mass is 10.1. The van der Waals surface area contributed by atoms with Crippen LogP contribution in [0.25, 0.3) is 10.9 Å². The van der Waals surface area contributed by atoms with Gasteiger partial charge in [-0.15, -0.1) is 0 Å². The molecule has 2 aromatic carbocycles. The number of pyridine rings is 1. The van der Waals surface area contributed by atoms with Crippen LogP contribution in [-0.2, 0) is 6.54 Å². The average molecular weight is 416 g/mol. The third kappa shape index (κ3) is 3.65. The highest BCUT2D eigenvalue weighted by Crippen LogP contribution is 2.26. The molecule has 0 bridgehead atoms. The summed E-state index contributed by atoms with van der Waals surface area (Å²) in [4.78, 5) is 32.6. The summed E-state index contributed by atoms with van der Waals surface area (Å²) < 4.78 is 0. The SMILES string of the molecule is O=C(c1c[nH]c2ccccc2c1=O)N1CCN(Cc2cccc(Cl)c2Cl)CC1. The first-order chi connectivity index (χ1) is 13.5. The zero-order valence-electron chi connectivity index (χ0n) is 15.1. The van der Waals surface area contributed by atoms with Crippen molar-refractivity contribution < 1.29 is 4.79 Å². The molecule has 28 heavy (non-hydrogen) atoms. The van der Waals surface area contributed by atoms with Crippen LogP contribution < -0.4 is 5.43 Å². The number of benzene rings is 2. The molecular formula is C21H19Cl2N3O2. The second kappa shape index (κ2) is 7.95. The number of carbonyl (C=O) groups is 1. The minimum atomic E-state index is -0.229. The van der Waals surface area contributed by atoms with Gasteiger partial charge in [-0.25, -0.2) is 0 Å². The molecule has 0 radical (unpaired) electrons. The summed E-state index contributed by atoms with van der Waals surface area (Å²) in [5.41, 5.74) is 1.66. The summed E-state index contributed by atoms with van der Waals surface area (Å²) in [5.74, 6) is -0.229. The van der Waals surface area contributed by atoms with Gasteiger partial charge in [0.15, 0.2) is 0 Å². The van der Waals surface area contributed by atoms with Crippen molar-refractivity contribution in [3.05, 3.63) is 80.1 Å². The van der Waals surface area contributed by atoms with E-state index in [9.17, 15) is 9.59 Å². The number of hydrogen-bond donors (Lipinski definition) is 1. The van der Waals surface area contributed by atoms with Crippen LogP contribution in [0.4, 0.5) is 0 Å². The largest absolute Gasteiger partial charge is 0.360 e. The minimum absolute atomic E-state index is 0.185. The molecule has 144 valence electrons. The molecule has 2 heterocycles. The summed E-state index contributed by atoms with van der Waals surface area (Å²) in [7, 11) is 0. The second-order valence-corrected chi connectivity index (χ2v) is 7.64. The fourth-order valence-corrected chi connectivity index (χ4v) is 3.90. The van der Waals surface area contributed by atoms with E-state index in [1.165, 1.54) is 6.20 Å². The molecule has 0 aliphatic carbocycles. The number of hydrogen-bond acceptors (Lipinski definition) is 3. The predicted molar refractivity (Wildman–Crippen MR) is 112 cm³/mol. The zero-order chi connectivity index (χ0) is 19.7. The van der Waals surface area contributed by atoms with E-state index in [2.05, 4.69) is 9.88 Å². The molecule has 1 amide bonds. The summed E-state index contributed by atoms with van der Waals surface area (Å²) in [6, 6.07) is 12.8. The molecule has 1 saturated heterocycles. The Bertz CT molecular complexity index is 1090. The molecule has 1 aliphatic rings. The predicted octanol–water partition coefficient (Wildman–Crippen LogP) is 3.79. The van der Waals surface area contributed by atoms with Gasteiger partial charge in [0.05, 0.1) is 10.0 Å². The van der Waals surface area contributed by atoms with Crippen LogP contribution in [0.5, 0.6) is 0 Å². The van der Waals surface area contributed by atoms with E-state index < -0.39 is 0 Å². The first-order valence-electron chi connectivity index (χ1n) is 9.09. The molecule has 0 spiro atoms. The lowest BCUT2D eigenvalue weighted by Gasteiger charge is -2.34. The van der Waals surface area contributed by atoms with E-state index in [4.69, 9.17) is 23.2 Å². The molecule has 4 rings (SSSR count). The van der Waals surface area contributed by atoms with Gasteiger partial charge in [0.2, 0.25) is 5.43 Å². The Kier molecular flexibility index (Phi) is 5.40. The third-order valence-electron chi connectivity index (χ3n) is 5.10. The van der Waals surface area contributed by atoms with Gasteiger partial charge in [-0.1, -0.05) is 47.5 Å². The van der Waals surface area contributed by atoms with E-state index in [1.807, 2.05) is 24.3 Å². The zero-order valence-corrected chi connectivity index (χ0v) is 16.6. The molecular weight excluding hydrogens is 397 g/mol. The highest BCUT2D eigenvalue weighted by Gasteiger charge is 2.24. The molecule has 1 N–H and O–H groups in total. The Hall–Kier alpha value is -2.34. The van der Waals surface area contributed by atoms with E-state index >= 15 is 0 Å². The standard InChI is InChI=1S/C21H19Cl2N3O2/c22-17-6-3-4-14(19(17)23)13-25-8-10-26(11-9-25)21(28)16-12-24-18-7-2-1-5-15(18)20(16)27/h1-7,12H,8-11,13H2,(H,24,27). The van der Waals surface area contributed by atoms with Gasteiger partial charge >= 0.3 is 0 Å². The summed E-state index contributed by atoms with van der Waals surface area (Å²) in [5, 5.41) is 1.65. The van der Waals surface area contributed by atoms with Gasteiger partial charge in [-0.3, -0.25) is 14.5 Å². The number of amides is 1. The van der Waals surface area contributed by atoms with E-state index in [-0.39, 0.29) is 16.9 Å². The van der Waals surface area contributed by atoms with Crippen molar-refractivity contribution in [3.8, 4) is 0 Å². The minimum Gasteiger partial charge on any atom is -0.360 e. The number of halogens is 2. The van der Waals surface area contributed by atoms with Crippen molar-refractivity contribution in [2.75, 3.05) is 26.2 Å². The number of carbonyl (C=O) groups excluding carboxylic acids is 1. The van der Waals surface area contributed by atoms with Crippen molar-refractivity contribution in [2.24, 2.45) is 0 Å². The highest BCUT2D eigenvalue weighted by molar-refractivity contribution is 6.42. The molecule has 1 fully saturated rings. The Morgan fingerprint density at radius 3 is 2.54 bits per heavy atom. The van der Waals surface area contributed by atoms with Crippen LogP contribution in [-0.4, -0.2) is 46.9 Å². The lowest BCUT2D eigenvalue weighted by Crippen LogP contribution is -2.49. The van der Waals surface area contributed by atoms with Crippen LogP contribution in [0.2, 0.25) is 10.0 Å². The molecule has 0 unspecified atom stereocenters. The van der Waals surface area contributed by atoms with Crippen molar-refractivity contribution in [1.29, 1.82) is 0 Å². The van der Waals surface area contributed by atoms with Gasteiger partial charge < -0.3 is 9.88 Å². The molecule has 5 nitrogen and oxygen atoms in total. The lowest BCUT2D eigenvalue weighted by molar-refractivity contribution is 0.0627. The maximum absolute atomic E-state index is 12.9. The summed E-state index contributed by atoms with van der Waals surface area (Å²) in [6.45, 7) is 3.21. The molecule has 7 heteroatoms. The average Bonchev–Trinajstić information content (AvgIpc) is 2.72.